The van der Waals surface area contributed by atoms with Gasteiger partial charge in [-0.2, -0.15) is 0 Å². The topological polar surface area (TPSA) is 76.2 Å². The van der Waals surface area contributed by atoms with Crippen molar-refractivity contribution in [1.29, 1.82) is 0 Å². The minimum absolute atomic E-state index is 0.0741. The molecule has 0 unspecified atom stereocenters. The van der Waals surface area contributed by atoms with E-state index >= 15 is 0 Å². The molecule has 0 spiro atoms. The normalized spacial score (nSPS) is 9.55. The van der Waals surface area contributed by atoms with Crippen molar-refractivity contribution in [2.45, 2.75) is 0 Å². The van der Waals surface area contributed by atoms with E-state index in [4.69, 9.17) is 22.4 Å². The molecular formula is C6H5ClN2O2. The Morgan fingerprint density at radius 3 is 2.82 bits per heavy atom. The number of nitrogens with zero attached hydrogens (tertiary/aromatic N) is 1. The van der Waals surface area contributed by atoms with Crippen LogP contribution in [0.5, 0.6) is 0 Å². The summed E-state index contributed by atoms with van der Waals surface area (Å²) in [4.78, 5) is 13.9. The molecule has 0 aliphatic carbocycles. The summed E-state index contributed by atoms with van der Waals surface area (Å²) in [5, 5.41) is 8.80. The van der Waals surface area contributed by atoms with Gasteiger partial charge < -0.3 is 10.8 Å². The van der Waals surface area contributed by atoms with Gasteiger partial charge in [0.2, 0.25) is 0 Å². The number of anilines is 1. The van der Waals surface area contributed by atoms with Gasteiger partial charge in [0, 0.05) is 6.20 Å². The number of rotatable bonds is 1. The Morgan fingerprint density at radius 2 is 2.36 bits per heavy atom. The number of hydrogen-bond acceptors (Lipinski definition) is 3. The maximum Gasteiger partial charge on any atom is 0.356 e. The van der Waals surface area contributed by atoms with Gasteiger partial charge in [0.15, 0.2) is 5.69 Å². The lowest BCUT2D eigenvalue weighted by Crippen LogP contribution is -2.04. The van der Waals surface area contributed by atoms with Crippen molar-refractivity contribution >= 4 is 23.3 Å². The third kappa shape index (κ3) is 1.59. The minimum Gasteiger partial charge on any atom is -0.476 e. The molecule has 0 radical (unpaired) electrons. The summed E-state index contributed by atoms with van der Waals surface area (Å²) < 4.78 is 0. The molecule has 0 saturated heterocycles. The lowest BCUT2D eigenvalue weighted by molar-refractivity contribution is 0.0692. The highest BCUT2D eigenvalue weighted by Crippen LogP contribution is 2.14. The fourth-order valence-electron chi connectivity index (χ4n) is 0.634. The van der Waals surface area contributed by atoms with Gasteiger partial charge in [-0.15, -0.1) is 0 Å². The second-order valence-electron chi connectivity index (χ2n) is 1.90. The molecule has 58 valence electrons. The Kier molecular flexibility index (Phi) is 1.96. The van der Waals surface area contributed by atoms with Crippen LogP contribution in [0.3, 0.4) is 0 Å². The largest absolute Gasteiger partial charge is 0.476 e. The van der Waals surface area contributed by atoms with E-state index in [1.807, 2.05) is 0 Å². The van der Waals surface area contributed by atoms with E-state index in [0.29, 0.717) is 5.02 Å². The van der Waals surface area contributed by atoms with E-state index < -0.39 is 5.97 Å². The van der Waals surface area contributed by atoms with Gasteiger partial charge in [-0.3, -0.25) is 0 Å². The number of carboxylic acids is 1. The molecule has 5 heteroatoms. The number of carbonyl (C=O) groups is 1. The molecule has 0 aliphatic rings. The maximum atomic E-state index is 10.3. The molecule has 0 aliphatic heterocycles. The molecule has 0 amide bonds. The van der Waals surface area contributed by atoms with Gasteiger partial charge in [0.25, 0.3) is 0 Å². The van der Waals surface area contributed by atoms with Crippen molar-refractivity contribution in [2.75, 3.05) is 5.73 Å². The fraction of sp³-hybridized carbons (Fsp3) is 0. The molecule has 0 aromatic carbocycles. The van der Waals surface area contributed by atoms with Gasteiger partial charge in [0.1, 0.15) is 0 Å². The zero-order valence-electron chi connectivity index (χ0n) is 5.41. The molecule has 1 rings (SSSR count). The molecule has 11 heavy (non-hydrogen) atoms. The summed E-state index contributed by atoms with van der Waals surface area (Å²) in [5.41, 5.74) is 5.20. The van der Waals surface area contributed by atoms with Crippen molar-refractivity contribution in [3.8, 4) is 0 Å². The second-order valence-corrected chi connectivity index (χ2v) is 2.33. The van der Waals surface area contributed by atoms with Gasteiger partial charge in [-0.05, 0) is 6.07 Å². The van der Waals surface area contributed by atoms with Crippen LogP contribution in [-0.4, -0.2) is 16.1 Å². The van der Waals surface area contributed by atoms with Crippen molar-refractivity contribution in [1.82, 2.24) is 4.98 Å². The van der Waals surface area contributed by atoms with Gasteiger partial charge in [-0.1, -0.05) is 11.6 Å². The number of nitrogens with two attached hydrogens (primary N) is 1. The third-order valence-electron chi connectivity index (χ3n) is 1.09. The molecule has 0 fully saturated rings. The van der Waals surface area contributed by atoms with Crippen molar-refractivity contribution < 1.29 is 9.90 Å². The number of carboxylic acid groups (broad SMARTS) is 1. The lowest BCUT2D eigenvalue weighted by atomic mass is 10.3. The Bertz CT molecular complexity index is 301. The highest BCUT2D eigenvalue weighted by molar-refractivity contribution is 6.30. The van der Waals surface area contributed by atoms with Crippen LogP contribution in [0, 0.1) is 0 Å². The summed E-state index contributed by atoms with van der Waals surface area (Å²) >= 11 is 5.49. The van der Waals surface area contributed by atoms with E-state index in [-0.39, 0.29) is 11.4 Å². The van der Waals surface area contributed by atoms with E-state index in [2.05, 4.69) is 4.98 Å². The highest BCUT2D eigenvalue weighted by atomic mass is 35.5. The van der Waals surface area contributed by atoms with Crippen LogP contribution < -0.4 is 5.73 Å². The molecule has 1 aromatic rings. The third-order valence-corrected chi connectivity index (χ3v) is 1.29. The molecule has 1 aromatic heterocycles. The van der Waals surface area contributed by atoms with Crippen LogP contribution in [0.15, 0.2) is 12.3 Å². The first-order chi connectivity index (χ1) is 5.11. The Morgan fingerprint density at radius 1 is 1.73 bits per heavy atom. The van der Waals surface area contributed by atoms with Crippen molar-refractivity contribution in [2.24, 2.45) is 0 Å². The second kappa shape index (κ2) is 2.75. The number of nitrogen functional groups attached to an aromatic ring is 1. The molecular weight excluding hydrogens is 168 g/mol. The quantitative estimate of drug-likeness (QED) is 0.663. The summed E-state index contributed by atoms with van der Waals surface area (Å²) in [5.74, 6) is -1.15. The summed E-state index contributed by atoms with van der Waals surface area (Å²) in [6.45, 7) is 0. The van der Waals surface area contributed by atoms with E-state index in [0.717, 1.165) is 0 Å². The Labute approximate surface area is 67.6 Å². The van der Waals surface area contributed by atoms with Gasteiger partial charge in [-0.25, -0.2) is 9.78 Å². The van der Waals surface area contributed by atoms with Crippen LogP contribution in [0.25, 0.3) is 0 Å². The SMILES string of the molecule is Nc1cc(Cl)cnc1C(=O)O. The molecule has 3 N–H and O–H groups in total. The lowest BCUT2D eigenvalue weighted by Gasteiger charge is -1.97. The van der Waals surface area contributed by atoms with Crippen molar-refractivity contribution in [3.05, 3.63) is 23.0 Å². The monoisotopic (exact) mass is 172 g/mol. The van der Waals surface area contributed by atoms with Gasteiger partial charge in [0.05, 0.1) is 10.7 Å². The number of aromatic nitrogens is 1. The molecule has 0 atom stereocenters. The number of halogens is 1. The Hall–Kier alpha value is -1.29. The zero-order valence-corrected chi connectivity index (χ0v) is 6.17. The summed E-state index contributed by atoms with van der Waals surface area (Å²) in [6, 6.07) is 1.35. The average Bonchev–Trinajstić information content (AvgIpc) is 1.85. The van der Waals surface area contributed by atoms with E-state index in [1.54, 1.807) is 0 Å². The molecule has 0 saturated carbocycles. The van der Waals surface area contributed by atoms with Crippen LogP contribution in [0.1, 0.15) is 10.5 Å². The van der Waals surface area contributed by atoms with Crippen molar-refractivity contribution in [3.63, 3.8) is 0 Å². The van der Waals surface area contributed by atoms with Crippen LogP contribution >= 0.6 is 11.6 Å². The smallest absolute Gasteiger partial charge is 0.356 e. The predicted molar refractivity (Wildman–Crippen MR) is 40.6 cm³/mol. The predicted octanol–water partition coefficient (Wildman–Crippen LogP) is 1.02. The fourth-order valence-corrected chi connectivity index (χ4v) is 0.800. The van der Waals surface area contributed by atoms with Crippen LogP contribution in [0.4, 0.5) is 5.69 Å². The zero-order chi connectivity index (χ0) is 8.43. The Balaban J connectivity index is 3.20. The average molecular weight is 173 g/mol. The summed E-state index contributed by atoms with van der Waals surface area (Å²) in [6.07, 6.45) is 1.24. The maximum absolute atomic E-state index is 10.3. The van der Waals surface area contributed by atoms with Crippen LogP contribution in [-0.2, 0) is 0 Å². The minimum atomic E-state index is -1.15. The molecule has 1 heterocycles. The molecule has 0 bridgehead atoms. The molecule has 4 nitrogen and oxygen atoms in total. The van der Waals surface area contributed by atoms with Gasteiger partial charge >= 0.3 is 5.97 Å². The van der Waals surface area contributed by atoms with Crippen LogP contribution in [0.2, 0.25) is 5.02 Å². The standard InChI is InChI=1S/C6H5ClN2O2/c7-3-1-4(8)5(6(10)11)9-2-3/h1-2H,8H2,(H,10,11). The highest BCUT2D eigenvalue weighted by Gasteiger charge is 2.08. The summed E-state index contributed by atoms with van der Waals surface area (Å²) in [7, 11) is 0. The number of hydrogen-bond donors (Lipinski definition) is 2. The number of aromatic carboxylic acids is 1. The first-order valence-electron chi connectivity index (χ1n) is 2.75. The van der Waals surface area contributed by atoms with E-state index in [9.17, 15) is 4.79 Å². The first-order valence-corrected chi connectivity index (χ1v) is 3.13. The first kappa shape index (κ1) is 7.81. The van der Waals surface area contributed by atoms with E-state index in [1.165, 1.54) is 12.3 Å². The number of pyridine rings is 1.